The zero-order chi connectivity index (χ0) is 18.8. The molecule has 0 aromatic heterocycles. The lowest BCUT2D eigenvalue weighted by molar-refractivity contribution is -0.138. The SMILES string of the molecule is C=C(C)C(=O)OCCC[SiH2]OC(C)C(c1ccccc1)c1ccccc1. The standard InChI is InChI=1S/C22H28O3Si/c1-17(2)22(23)24-15-10-16-26-25-18(3)21(19-11-6-4-7-12-19)20-13-8-5-9-14-20/h4-9,11-14,18,21H,1,10,15-16,26H2,2-3H3. The van der Waals surface area contributed by atoms with Crippen LogP contribution in [0.3, 0.4) is 0 Å². The third-order valence-electron chi connectivity index (χ3n) is 4.29. The lowest BCUT2D eigenvalue weighted by Gasteiger charge is -2.26. The molecule has 0 aliphatic heterocycles. The molecule has 0 aliphatic rings. The van der Waals surface area contributed by atoms with Crippen LogP contribution in [0.4, 0.5) is 0 Å². The van der Waals surface area contributed by atoms with Crippen LogP contribution in [0, 0.1) is 0 Å². The molecule has 3 nitrogen and oxygen atoms in total. The van der Waals surface area contributed by atoms with Crippen LogP contribution >= 0.6 is 0 Å². The van der Waals surface area contributed by atoms with Crippen molar-refractivity contribution in [1.29, 1.82) is 0 Å². The third kappa shape index (κ3) is 6.28. The Bertz CT molecular complexity index is 646. The highest BCUT2D eigenvalue weighted by Crippen LogP contribution is 2.29. The second kappa shape index (κ2) is 10.7. The molecule has 0 amide bonds. The maximum atomic E-state index is 11.3. The molecule has 0 saturated carbocycles. The van der Waals surface area contributed by atoms with Crippen molar-refractivity contribution in [2.24, 2.45) is 0 Å². The van der Waals surface area contributed by atoms with Gasteiger partial charge in [0.15, 0.2) is 9.76 Å². The molecule has 0 fully saturated rings. The predicted octanol–water partition coefficient (Wildman–Crippen LogP) is 4.24. The first kappa shape index (κ1) is 20.1. The van der Waals surface area contributed by atoms with Gasteiger partial charge in [-0.2, -0.15) is 0 Å². The van der Waals surface area contributed by atoms with Gasteiger partial charge in [-0.05, 0) is 37.4 Å². The molecule has 0 radical (unpaired) electrons. The number of hydrogen-bond acceptors (Lipinski definition) is 3. The number of rotatable bonds is 10. The van der Waals surface area contributed by atoms with E-state index in [2.05, 4.69) is 62.0 Å². The van der Waals surface area contributed by atoms with Gasteiger partial charge in [-0.3, -0.25) is 0 Å². The summed E-state index contributed by atoms with van der Waals surface area (Å²) in [6.07, 6.45) is 0.962. The monoisotopic (exact) mass is 368 g/mol. The summed E-state index contributed by atoms with van der Waals surface area (Å²) in [4.78, 5) is 11.3. The topological polar surface area (TPSA) is 35.5 Å². The van der Waals surface area contributed by atoms with Crippen LogP contribution < -0.4 is 0 Å². The lowest BCUT2D eigenvalue weighted by atomic mass is 9.87. The maximum absolute atomic E-state index is 11.3. The summed E-state index contributed by atoms with van der Waals surface area (Å²) in [5, 5.41) is 0. The van der Waals surface area contributed by atoms with Crippen molar-refractivity contribution in [3.05, 3.63) is 83.9 Å². The molecule has 0 bridgehead atoms. The van der Waals surface area contributed by atoms with E-state index in [0.717, 1.165) is 12.5 Å². The Hall–Kier alpha value is -2.17. The Morgan fingerprint density at radius 3 is 2.08 bits per heavy atom. The predicted molar refractivity (Wildman–Crippen MR) is 109 cm³/mol. The average Bonchev–Trinajstić information content (AvgIpc) is 2.66. The largest absolute Gasteiger partial charge is 0.462 e. The molecule has 138 valence electrons. The van der Waals surface area contributed by atoms with E-state index in [1.54, 1.807) is 6.92 Å². The first-order chi connectivity index (χ1) is 12.6. The molecule has 2 aromatic rings. The molecule has 0 aliphatic carbocycles. The summed E-state index contributed by atoms with van der Waals surface area (Å²) in [7, 11) is -0.667. The van der Waals surface area contributed by atoms with Crippen LogP contribution in [0.1, 0.15) is 37.3 Å². The first-order valence-electron chi connectivity index (χ1n) is 9.13. The van der Waals surface area contributed by atoms with E-state index in [0.29, 0.717) is 12.2 Å². The fourth-order valence-corrected chi connectivity index (χ4v) is 4.05. The molecule has 1 atom stereocenters. The number of hydrogen-bond donors (Lipinski definition) is 0. The summed E-state index contributed by atoms with van der Waals surface area (Å²) >= 11 is 0. The highest BCUT2D eigenvalue weighted by atomic mass is 28.2. The third-order valence-corrected chi connectivity index (χ3v) is 5.84. The number of esters is 1. The average molecular weight is 369 g/mol. The van der Waals surface area contributed by atoms with Crippen molar-refractivity contribution in [3.8, 4) is 0 Å². The van der Waals surface area contributed by atoms with E-state index in [-0.39, 0.29) is 18.0 Å². The van der Waals surface area contributed by atoms with Crippen LogP contribution in [0.2, 0.25) is 6.04 Å². The van der Waals surface area contributed by atoms with Gasteiger partial charge in [0.25, 0.3) is 0 Å². The summed E-state index contributed by atoms with van der Waals surface area (Å²) < 4.78 is 11.4. The second-order valence-corrected chi connectivity index (χ2v) is 7.95. The summed E-state index contributed by atoms with van der Waals surface area (Å²) in [6.45, 7) is 7.83. The first-order valence-corrected chi connectivity index (χ1v) is 10.7. The Morgan fingerprint density at radius 2 is 1.58 bits per heavy atom. The fourth-order valence-electron chi connectivity index (χ4n) is 2.91. The van der Waals surface area contributed by atoms with Crippen LogP contribution in [0.25, 0.3) is 0 Å². The quantitative estimate of drug-likeness (QED) is 0.272. The molecule has 1 unspecified atom stereocenters. The smallest absolute Gasteiger partial charge is 0.333 e. The van der Waals surface area contributed by atoms with E-state index in [4.69, 9.17) is 9.16 Å². The number of benzene rings is 2. The number of ether oxygens (including phenoxy) is 1. The van der Waals surface area contributed by atoms with Gasteiger partial charge in [0.2, 0.25) is 0 Å². The van der Waals surface area contributed by atoms with E-state index in [1.807, 2.05) is 12.1 Å². The maximum Gasteiger partial charge on any atom is 0.333 e. The second-order valence-electron chi connectivity index (χ2n) is 6.50. The highest BCUT2D eigenvalue weighted by molar-refractivity contribution is 6.27. The van der Waals surface area contributed by atoms with Gasteiger partial charge in [-0.15, -0.1) is 0 Å². The summed E-state index contributed by atoms with van der Waals surface area (Å²) in [6, 6.07) is 22.0. The van der Waals surface area contributed by atoms with Gasteiger partial charge < -0.3 is 9.16 Å². The summed E-state index contributed by atoms with van der Waals surface area (Å²) in [5.41, 5.74) is 2.99. The lowest BCUT2D eigenvalue weighted by Crippen LogP contribution is -2.22. The minimum atomic E-state index is -0.667. The zero-order valence-electron chi connectivity index (χ0n) is 15.7. The molecular weight excluding hydrogens is 340 g/mol. The Labute approximate surface area is 159 Å². The van der Waals surface area contributed by atoms with Crippen LogP contribution in [-0.2, 0) is 14.0 Å². The van der Waals surface area contributed by atoms with E-state index in [1.165, 1.54) is 11.1 Å². The minimum absolute atomic E-state index is 0.115. The highest BCUT2D eigenvalue weighted by Gasteiger charge is 2.21. The number of carbonyl (C=O) groups is 1. The van der Waals surface area contributed by atoms with Gasteiger partial charge in [0.1, 0.15) is 0 Å². The normalized spacial score (nSPS) is 12.4. The van der Waals surface area contributed by atoms with Crippen molar-refractivity contribution in [2.75, 3.05) is 6.61 Å². The van der Waals surface area contributed by atoms with Gasteiger partial charge in [0, 0.05) is 11.5 Å². The molecule has 0 N–H and O–H groups in total. The van der Waals surface area contributed by atoms with Crippen LogP contribution in [0.15, 0.2) is 72.8 Å². The molecule has 0 heterocycles. The van der Waals surface area contributed by atoms with Crippen molar-refractivity contribution >= 4 is 15.7 Å². The molecule has 0 spiro atoms. The molecule has 2 rings (SSSR count). The fraction of sp³-hybridized carbons (Fsp3) is 0.318. The zero-order valence-corrected chi connectivity index (χ0v) is 17.1. The Kier molecular flexibility index (Phi) is 8.32. The molecular formula is C22H28O3Si. The van der Waals surface area contributed by atoms with Gasteiger partial charge >= 0.3 is 5.97 Å². The molecule has 0 saturated heterocycles. The van der Waals surface area contributed by atoms with Crippen LogP contribution in [-0.4, -0.2) is 28.4 Å². The van der Waals surface area contributed by atoms with Crippen LogP contribution in [0.5, 0.6) is 0 Å². The van der Waals surface area contributed by atoms with Crippen molar-refractivity contribution in [2.45, 2.75) is 38.3 Å². The molecule has 4 heteroatoms. The van der Waals surface area contributed by atoms with Gasteiger partial charge in [-0.1, -0.05) is 67.2 Å². The van der Waals surface area contributed by atoms with Crippen molar-refractivity contribution in [3.63, 3.8) is 0 Å². The van der Waals surface area contributed by atoms with E-state index >= 15 is 0 Å². The Morgan fingerprint density at radius 1 is 1.04 bits per heavy atom. The molecule has 26 heavy (non-hydrogen) atoms. The Balaban J connectivity index is 1.87. The van der Waals surface area contributed by atoms with E-state index in [9.17, 15) is 4.79 Å². The van der Waals surface area contributed by atoms with Crippen molar-refractivity contribution < 1.29 is 14.0 Å². The molecule has 2 aromatic carbocycles. The van der Waals surface area contributed by atoms with Gasteiger partial charge in [-0.25, -0.2) is 4.79 Å². The van der Waals surface area contributed by atoms with Gasteiger partial charge in [0.05, 0.1) is 12.7 Å². The van der Waals surface area contributed by atoms with Crippen molar-refractivity contribution in [1.82, 2.24) is 0 Å². The minimum Gasteiger partial charge on any atom is -0.462 e. The summed E-state index contributed by atoms with van der Waals surface area (Å²) in [5.74, 6) is -0.0830. The van der Waals surface area contributed by atoms with E-state index < -0.39 is 9.76 Å². The number of carbonyl (C=O) groups excluding carboxylic acids is 1.